The Balaban J connectivity index is 2.66. The summed E-state index contributed by atoms with van der Waals surface area (Å²) in [5, 5.41) is 8.39. The average molecular weight is 208 g/mol. The van der Waals surface area contributed by atoms with Gasteiger partial charge in [-0.05, 0) is 12.3 Å². The Morgan fingerprint density at radius 2 is 2.15 bits per heavy atom. The summed E-state index contributed by atoms with van der Waals surface area (Å²) in [6, 6.07) is 0. The molecule has 1 fully saturated rings. The molecule has 0 bridgehead atoms. The molecule has 5 heteroatoms. The smallest absolute Gasteiger partial charge is 0.145 e. The van der Waals surface area contributed by atoms with Crippen LogP contribution in [0.4, 0.5) is 0 Å². The van der Waals surface area contributed by atoms with Crippen molar-refractivity contribution in [3.8, 4) is 0 Å². The molecule has 4 nitrogen and oxygen atoms in total. The van der Waals surface area contributed by atoms with Crippen LogP contribution in [-0.2, 0) is 15.4 Å². The van der Waals surface area contributed by atoms with Gasteiger partial charge in [0.25, 0.3) is 0 Å². The lowest BCUT2D eigenvalue weighted by molar-refractivity contribution is -0.00664. The fourth-order valence-electron chi connectivity index (χ4n) is 1.58. The van der Waals surface area contributed by atoms with E-state index in [1.54, 1.807) is 0 Å². The fraction of sp³-hybridized carbons (Fsp3) is 1.00. The van der Waals surface area contributed by atoms with E-state index < -0.39 is 22.1 Å². The number of hydrogen-bond acceptors (Lipinski definition) is 4. The molecule has 0 spiro atoms. The topological polar surface area (TPSA) is 63.6 Å². The van der Waals surface area contributed by atoms with Crippen LogP contribution < -0.4 is 0 Å². The first-order chi connectivity index (χ1) is 6.06. The van der Waals surface area contributed by atoms with Crippen molar-refractivity contribution in [2.75, 3.05) is 6.61 Å². The zero-order valence-electron chi connectivity index (χ0n) is 7.84. The van der Waals surface area contributed by atoms with Gasteiger partial charge in [0, 0.05) is 0 Å². The van der Waals surface area contributed by atoms with Crippen molar-refractivity contribution in [2.45, 2.75) is 37.7 Å². The zero-order chi connectivity index (χ0) is 10.0. The summed E-state index contributed by atoms with van der Waals surface area (Å²) in [5.74, 6) is 0.300. The van der Waals surface area contributed by atoms with Crippen LogP contribution in [0, 0.1) is 5.92 Å². The Kier molecular flexibility index (Phi) is 3.70. The lowest BCUT2D eigenvalue weighted by atomic mass is 10.0. The predicted molar refractivity (Wildman–Crippen MR) is 49.3 cm³/mol. The van der Waals surface area contributed by atoms with Crippen LogP contribution in [0.5, 0.6) is 0 Å². The Morgan fingerprint density at radius 3 is 2.46 bits per heavy atom. The Labute approximate surface area is 79.9 Å². The molecule has 1 aliphatic rings. The van der Waals surface area contributed by atoms with Crippen molar-refractivity contribution in [2.24, 2.45) is 5.92 Å². The monoisotopic (exact) mass is 208 g/mol. The largest absolute Gasteiger partial charge is 0.394 e. The highest BCUT2D eigenvalue weighted by Gasteiger charge is 2.37. The molecular formula is C8H16O4S. The van der Waals surface area contributed by atoms with Gasteiger partial charge in [-0.3, -0.25) is 0 Å². The summed E-state index contributed by atoms with van der Waals surface area (Å²) >= 11 is 0. The molecule has 1 N–H and O–H groups in total. The van der Waals surface area contributed by atoms with E-state index in [-0.39, 0.29) is 12.7 Å². The SMILES string of the molecule is CC(C)C1CC([SH](=O)=O)C(CO)O1. The van der Waals surface area contributed by atoms with E-state index in [0.717, 1.165) is 0 Å². The minimum absolute atomic E-state index is 0.0324. The van der Waals surface area contributed by atoms with Gasteiger partial charge in [-0.1, -0.05) is 13.8 Å². The molecule has 13 heavy (non-hydrogen) atoms. The first kappa shape index (κ1) is 10.9. The zero-order valence-corrected chi connectivity index (χ0v) is 8.74. The maximum Gasteiger partial charge on any atom is 0.145 e. The van der Waals surface area contributed by atoms with E-state index >= 15 is 0 Å². The lowest BCUT2D eigenvalue weighted by Gasteiger charge is -2.14. The van der Waals surface area contributed by atoms with E-state index in [0.29, 0.717) is 12.3 Å². The standard InChI is InChI=1S/C8H16O4S/c1-5(2)6-3-8(13(10)11)7(4-9)12-6/h5-9,13H,3-4H2,1-2H3. The van der Waals surface area contributed by atoms with Gasteiger partial charge in [0.05, 0.1) is 24.1 Å². The Hall–Kier alpha value is -0.130. The first-order valence-electron chi connectivity index (χ1n) is 4.46. The highest BCUT2D eigenvalue weighted by Crippen LogP contribution is 2.27. The third kappa shape index (κ3) is 2.42. The van der Waals surface area contributed by atoms with Gasteiger partial charge in [0.15, 0.2) is 0 Å². The molecule has 3 unspecified atom stereocenters. The van der Waals surface area contributed by atoms with Crippen molar-refractivity contribution in [1.29, 1.82) is 0 Å². The van der Waals surface area contributed by atoms with Crippen LogP contribution >= 0.6 is 0 Å². The van der Waals surface area contributed by atoms with Gasteiger partial charge >= 0.3 is 0 Å². The van der Waals surface area contributed by atoms with E-state index in [4.69, 9.17) is 9.84 Å². The molecule has 0 aromatic heterocycles. The molecule has 0 radical (unpaired) electrons. The highest BCUT2D eigenvalue weighted by atomic mass is 32.2. The molecule has 78 valence electrons. The van der Waals surface area contributed by atoms with Crippen molar-refractivity contribution >= 4 is 10.7 Å². The minimum Gasteiger partial charge on any atom is -0.394 e. The number of aliphatic hydroxyl groups excluding tert-OH is 1. The second-order valence-electron chi connectivity index (χ2n) is 3.73. The molecule has 3 atom stereocenters. The van der Waals surface area contributed by atoms with Gasteiger partial charge in [0.2, 0.25) is 0 Å². The molecule has 1 rings (SSSR count). The van der Waals surface area contributed by atoms with E-state index in [9.17, 15) is 8.42 Å². The van der Waals surface area contributed by atoms with Crippen LogP contribution in [0.1, 0.15) is 20.3 Å². The van der Waals surface area contributed by atoms with Crippen molar-refractivity contribution in [3.05, 3.63) is 0 Å². The average Bonchev–Trinajstić information content (AvgIpc) is 2.47. The summed E-state index contributed by atoms with van der Waals surface area (Å²) < 4.78 is 27.0. The van der Waals surface area contributed by atoms with Crippen LogP contribution in [0.15, 0.2) is 0 Å². The van der Waals surface area contributed by atoms with Gasteiger partial charge in [-0.15, -0.1) is 0 Å². The molecule has 0 aromatic rings. The van der Waals surface area contributed by atoms with Crippen LogP contribution in [0.3, 0.4) is 0 Å². The summed E-state index contributed by atoms with van der Waals surface area (Å²) in [5.41, 5.74) is 0. The summed E-state index contributed by atoms with van der Waals surface area (Å²) in [6.07, 6.45) is -0.0368. The normalized spacial score (nSPS) is 34.7. The van der Waals surface area contributed by atoms with Crippen molar-refractivity contribution in [3.63, 3.8) is 0 Å². The third-order valence-electron chi connectivity index (χ3n) is 2.45. The highest BCUT2D eigenvalue weighted by molar-refractivity contribution is 7.73. The number of ether oxygens (including phenoxy) is 1. The van der Waals surface area contributed by atoms with Crippen LogP contribution in [0.2, 0.25) is 0 Å². The van der Waals surface area contributed by atoms with Gasteiger partial charge < -0.3 is 9.84 Å². The maximum absolute atomic E-state index is 10.8. The molecule has 0 aromatic carbocycles. The second-order valence-corrected chi connectivity index (χ2v) is 4.96. The van der Waals surface area contributed by atoms with Crippen molar-refractivity contribution in [1.82, 2.24) is 0 Å². The minimum atomic E-state index is -2.48. The first-order valence-corrected chi connectivity index (χ1v) is 5.70. The van der Waals surface area contributed by atoms with Gasteiger partial charge in [-0.2, -0.15) is 0 Å². The Bertz CT molecular complexity index is 228. The summed E-state index contributed by atoms with van der Waals surface area (Å²) in [7, 11) is -2.48. The fourth-order valence-corrected chi connectivity index (χ4v) is 2.39. The maximum atomic E-state index is 10.8. The van der Waals surface area contributed by atoms with E-state index in [1.165, 1.54) is 0 Å². The molecule has 1 saturated heterocycles. The molecule has 0 amide bonds. The van der Waals surface area contributed by atoms with Crippen molar-refractivity contribution < 1.29 is 18.3 Å². The molecular weight excluding hydrogens is 192 g/mol. The molecule has 1 aliphatic heterocycles. The van der Waals surface area contributed by atoms with Crippen LogP contribution in [-0.4, -0.2) is 37.6 Å². The second kappa shape index (κ2) is 4.39. The summed E-state index contributed by atoms with van der Waals surface area (Å²) in [4.78, 5) is 0. The summed E-state index contributed by atoms with van der Waals surface area (Å²) in [6.45, 7) is 3.76. The van der Waals surface area contributed by atoms with Gasteiger partial charge in [0.1, 0.15) is 10.7 Å². The Morgan fingerprint density at radius 1 is 1.54 bits per heavy atom. The number of aliphatic hydroxyl groups is 1. The van der Waals surface area contributed by atoms with Crippen LogP contribution in [0.25, 0.3) is 0 Å². The number of hydrogen-bond donors (Lipinski definition) is 2. The number of thiol groups is 1. The number of rotatable bonds is 3. The van der Waals surface area contributed by atoms with E-state index in [1.807, 2.05) is 13.8 Å². The van der Waals surface area contributed by atoms with Gasteiger partial charge in [-0.25, -0.2) is 8.42 Å². The third-order valence-corrected chi connectivity index (χ3v) is 3.53. The van der Waals surface area contributed by atoms with E-state index in [2.05, 4.69) is 0 Å². The molecule has 0 saturated carbocycles. The predicted octanol–water partition coefficient (Wildman–Crippen LogP) is -0.228. The lowest BCUT2D eigenvalue weighted by Crippen LogP contribution is -2.26. The quantitative estimate of drug-likeness (QED) is 0.629. The molecule has 0 aliphatic carbocycles. The molecule has 1 heterocycles.